The van der Waals surface area contributed by atoms with Crippen molar-refractivity contribution in [2.75, 3.05) is 6.54 Å². The summed E-state index contributed by atoms with van der Waals surface area (Å²) in [5.41, 5.74) is 4.02. The highest BCUT2D eigenvalue weighted by Crippen LogP contribution is 2.09. The topological polar surface area (TPSA) is 64.7 Å². The van der Waals surface area contributed by atoms with Crippen molar-refractivity contribution < 1.29 is 4.79 Å². The number of hydrogen-bond acceptors (Lipinski definition) is 3. The van der Waals surface area contributed by atoms with E-state index in [1.54, 1.807) is 4.68 Å². The molecule has 0 aliphatic heterocycles. The van der Waals surface area contributed by atoms with Crippen molar-refractivity contribution in [2.24, 2.45) is 0 Å². The maximum absolute atomic E-state index is 12.0. The highest BCUT2D eigenvalue weighted by molar-refractivity contribution is 5.75. The van der Waals surface area contributed by atoms with Crippen LogP contribution >= 0.6 is 0 Å². The molecule has 21 heavy (non-hydrogen) atoms. The minimum Gasteiger partial charge on any atom is -0.352 e. The van der Waals surface area contributed by atoms with Gasteiger partial charge in [-0.25, -0.2) is 0 Å². The van der Waals surface area contributed by atoms with Crippen LogP contribution in [0.3, 0.4) is 0 Å². The lowest BCUT2D eigenvalue weighted by Crippen LogP contribution is -2.33. The Bertz CT molecular complexity index is 641. The molecule has 1 atom stereocenters. The van der Waals surface area contributed by atoms with E-state index in [0.29, 0.717) is 6.54 Å². The van der Waals surface area contributed by atoms with E-state index in [9.17, 15) is 4.79 Å². The molecule has 1 N–H and O–H groups in total. The molecule has 1 amide bonds. The van der Waals surface area contributed by atoms with Crippen LogP contribution in [0.2, 0.25) is 0 Å². The molecule has 0 unspecified atom stereocenters. The Balaban J connectivity index is 1.89. The Kier molecular flexibility index (Phi) is 4.45. The standard InChI is InChI=1S/C15H23N5O/c1-10-6-12(3)19(17-10)9-15(21)16-8-14(5)20-13(4)7-11(2)18-20/h6-7,14H,8-9H2,1-5H3,(H,16,21)/t14-/m0/s1. The summed E-state index contributed by atoms with van der Waals surface area (Å²) in [6.45, 7) is 10.7. The molecule has 2 rings (SSSR count). The van der Waals surface area contributed by atoms with E-state index in [4.69, 9.17) is 0 Å². The van der Waals surface area contributed by atoms with Gasteiger partial charge in [-0.3, -0.25) is 14.2 Å². The zero-order chi connectivity index (χ0) is 15.6. The maximum Gasteiger partial charge on any atom is 0.241 e. The number of hydrogen-bond donors (Lipinski definition) is 1. The van der Waals surface area contributed by atoms with E-state index < -0.39 is 0 Å². The summed E-state index contributed by atoms with van der Waals surface area (Å²) >= 11 is 0. The van der Waals surface area contributed by atoms with Gasteiger partial charge in [-0.05, 0) is 46.8 Å². The Labute approximate surface area is 125 Å². The van der Waals surface area contributed by atoms with Crippen LogP contribution in [-0.2, 0) is 11.3 Å². The first-order chi connectivity index (χ1) is 9.86. The molecular weight excluding hydrogens is 266 g/mol. The summed E-state index contributed by atoms with van der Waals surface area (Å²) in [7, 11) is 0. The second-order valence-electron chi connectivity index (χ2n) is 5.61. The third kappa shape index (κ3) is 3.71. The van der Waals surface area contributed by atoms with Gasteiger partial charge in [0.05, 0.1) is 17.4 Å². The van der Waals surface area contributed by atoms with Crippen LogP contribution in [0, 0.1) is 27.7 Å². The lowest BCUT2D eigenvalue weighted by Gasteiger charge is -2.15. The van der Waals surface area contributed by atoms with Crippen molar-refractivity contribution in [3.63, 3.8) is 0 Å². The third-order valence-electron chi connectivity index (χ3n) is 3.45. The summed E-state index contributed by atoms with van der Waals surface area (Å²) < 4.78 is 3.66. The average molecular weight is 289 g/mol. The van der Waals surface area contributed by atoms with Gasteiger partial charge in [0.15, 0.2) is 0 Å². The number of carbonyl (C=O) groups excluding carboxylic acids is 1. The molecule has 2 heterocycles. The van der Waals surface area contributed by atoms with Gasteiger partial charge >= 0.3 is 0 Å². The minimum atomic E-state index is -0.0328. The number of rotatable bonds is 5. The fourth-order valence-electron chi connectivity index (χ4n) is 2.47. The molecule has 6 heteroatoms. The Morgan fingerprint density at radius 2 is 1.76 bits per heavy atom. The lowest BCUT2D eigenvalue weighted by atomic mass is 10.3. The minimum absolute atomic E-state index is 0.0328. The Morgan fingerprint density at radius 1 is 1.14 bits per heavy atom. The molecule has 0 bridgehead atoms. The molecular formula is C15H23N5O. The van der Waals surface area contributed by atoms with Gasteiger partial charge in [0, 0.05) is 17.9 Å². The molecule has 6 nitrogen and oxygen atoms in total. The van der Waals surface area contributed by atoms with E-state index in [0.717, 1.165) is 22.8 Å². The second-order valence-corrected chi connectivity index (χ2v) is 5.61. The number of aromatic nitrogens is 4. The molecule has 0 radical (unpaired) electrons. The van der Waals surface area contributed by atoms with Crippen molar-refractivity contribution in [1.29, 1.82) is 0 Å². The molecule has 0 saturated heterocycles. The molecule has 0 aliphatic carbocycles. The molecule has 0 aromatic carbocycles. The highest BCUT2D eigenvalue weighted by Gasteiger charge is 2.12. The largest absolute Gasteiger partial charge is 0.352 e. The molecule has 0 fully saturated rings. The second kappa shape index (κ2) is 6.11. The molecule has 2 aromatic heterocycles. The van der Waals surface area contributed by atoms with Crippen molar-refractivity contribution in [2.45, 2.75) is 47.2 Å². The number of nitrogens with one attached hydrogen (secondary N) is 1. The fourth-order valence-corrected chi connectivity index (χ4v) is 2.47. The first-order valence-corrected chi connectivity index (χ1v) is 7.17. The van der Waals surface area contributed by atoms with Crippen LogP contribution in [-0.4, -0.2) is 32.0 Å². The molecule has 2 aromatic rings. The Morgan fingerprint density at radius 3 is 2.29 bits per heavy atom. The van der Waals surface area contributed by atoms with E-state index in [-0.39, 0.29) is 18.5 Å². The zero-order valence-electron chi connectivity index (χ0n) is 13.3. The highest BCUT2D eigenvalue weighted by atomic mass is 16.2. The van der Waals surface area contributed by atoms with Gasteiger partial charge in [0.2, 0.25) is 5.91 Å². The van der Waals surface area contributed by atoms with Crippen LogP contribution < -0.4 is 5.32 Å². The van der Waals surface area contributed by atoms with Gasteiger partial charge in [0.1, 0.15) is 6.54 Å². The maximum atomic E-state index is 12.0. The van der Waals surface area contributed by atoms with Crippen LogP contribution in [0.15, 0.2) is 12.1 Å². The summed E-state index contributed by atoms with van der Waals surface area (Å²) in [6, 6.07) is 4.13. The predicted molar refractivity (Wildman–Crippen MR) is 81.1 cm³/mol. The fraction of sp³-hybridized carbons (Fsp3) is 0.533. The van der Waals surface area contributed by atoms with E-state index >= 15 is 0 Å². The average Bonchev–Trinajstić information content (AvgIpc) is 2.89. The van der Waals surface area contributed by atoms with Crippen LogP contribution in [0.1, 0.15) is 35.7 Å². The summed E-state index contributed by atoms with van der Waals surface area (Å²) in [5, 5.41) is 11.7. The van der Waals surface area contributed by atoms with Crippen LogP contribution in [0.25, 0.3) is 0 Å². The molecule has 114 valence electrons. The smallest absolute Gasteiger partial charge is 0.241 e. The van der Waals surface area contributed by atoms with Gasteiger partial charge < -0.3 is 5.32 Å². The van der Waals surface area contributed by atoms with Crippen molar-refractivity contribution in [1.82, 2.24) is 24.9 Å². The number of carbonyl (C=O) groups is 1. The van der Waals surface area contributed by atoms with Crippen LogP contribution in [0.4, 0.5) is 0 Å². The van der Waals surface area contributed by atoms with E-state index in [1.807, 2.05) is 51.4 Å². The van der Waals surface area contributed by atoms with Crippen LogP contribution in [0.5, 0.6) is 0 Å². The predicted octanol–water partition coefficient (Wildman–Crippen LogP) is 1.69. The zero-order valence-corrected chi connectivity index (χ0v) is 13.3. The normalized spacial score (nSPS) is 12.4. The number of amides is 1. The first-order valence-electron chi connectivity index (χ1n) is 7.17. The number of nitrogens with zero attached hydrogens (tertiary/aromatic N) is 4. The quantitative estimate of drug-likeness (QED) is 0.911. The molecule has 0 spiro atoms. The summed E-state index contributed by atoms with van der Waals surface area (Å²) in [6.07, 6.45) is 0. The summed E-state index contributed by atoms with van der Waals surface area (Å²) in [4.78, 5) is 12.0. The molecule has 0 saturated carbocycles. The molecule has 0 aliphatic rings. The van der Waals surface area contributed by atoms with E-state index in [1.165, 1.54) is 0 Å². The SMILES string of the molecule is Cc1cc(C)n(CC(=O)NC[C@H](C)n2nc(C)cc2C)n1. The number of aryl methyl sites for hydroxylation is 4. The van der Waals surface area contributed by atoms with Crippen molar-refractivity contribution in [3.8, 4) is 0 Å². The van der Waals surface area contributed by atoms with Gasteiger partial charge in [-0.15, -0.1) is 0 Å². The monoisotopic (exact) mass is 289 g/mol. The third-order valence-corrected chi connectivity index (χ3v) is 3.45. The van der Waals surface area contributed by atoms with Gasteiger partial charge in [-0.2, -0.15) is 10.2 Å². The lowest BCUT2D eigenvalue weighted by molar-refractivity contribution is -0.122. The van der Waals surface area contributed by atoms with Crippen molar-refractivity contribution in [3.05, 3.63) is 34.9 Å². The van der Waals surface area contributed by atoms with Gasteiger partial charge in [-0.1, -0.05) is 0 Å². The first kappa shape index (κ1) is 15.3. The van der Waals surface area contributed by atoms with Gasteiger partial charge in [0.25, 0.3) is 0 Å². The Hall–Kier alpha value is -2.11. The van der Waals surface area contributed by atoms with Crippen molar-refractivity contribution >= 4 is 5.91 Å². The summed E-state index contributed by atoms with van der Waals surface area (Å²) in [5.74, 6) is -0.0328. The van der Waals surface area contributed by atoms with E-state index in [2.05, 4.69) is 15.5 Å².